The predicted octanol–water partition coefficient (Wildman–Crippen LogP) is 4.58. The van der Waals surface area contributed by atoms with Crippen molar-refractivity contribution in [2.24, 2.45) is 5.92 Å². The third-order valence-corrected chi connectivity index (χ3v) is 14.9. The number of carbonyl (C=O) groups is 1. The van der Waals surface area contributed by atoms with Crippen LogP contribution in [0.5, 0.6) is 0 Å². The molecular weight excluding hydrogens is 601 g/mol. The summed E-state index contributed by atoms with van der Waals surface area (Å²) >= 11 is 1.32. The molecule has 0 amide bonds. The van der Waals surface area contributed by atoms with Gasteiger partial charge in [-0.2, -0.15) is 0 Å². The number of esters is 1. The van der Waals surface area contributed by atoms with Gasteiger partial charge in [-0.05, 0) is 45.2 Å². The first-order valence-electron chi connectivity index (χ1n) is 13.9. The lowest BCUT2D eigenvalue weighted by Gasteiger charge is -2.45. The Morgan fingerprint density at radius 2 is 1.93 bits per heavy atom. The summed E-state index contributed by atoms with van der Waals surface area (Å²) in [6.45, 7) is 17.1. The number of aliphatic hydroxyl groups excluding tert-OH is 1. The fourth-order valence-electron chi connectivity index (χ4n) is 4.44. The minimum absolute atomic E-state index is 0.0915. The van der Waals surface area contributed by atoms with Crippen LogP contribution in [0.4, 0.5) is 5.82 Å². The first-order chi connectivity index (χ1) is 19.3. The number of aliphatic hydroxyl groups is 1. The third kappa shape index (κ3) is 7.55. The Balaban J connectivity index is 1.94. The summed E-state index contributed by atoms with van der Waals surface area (Å²) in [7, 11) is -6.28. The Hall–Kier alpha value is -1.58. The molecule has 0 aliphatic carbocycles. The van der Waals surface area contributed by atoms with Crippen molar-refractivity contribution < 1.29 is 37.4 Å². The molecule has 0 spiro atoms. The van der Waals surface area contributed by atoms with Crippen molar-refractivity contribution in [3.63, 3.8) is 0 Å². The van der Waals surface area contributed by atoms with Crippen LogP contribution < -0.4 is 5.73 Å². The molecule has 13 nitrogen and oxygen atoms in total. The second-order valence-corrected chi connectivity index (χ2v) is 20.3. The maximum atomic E-state index is 13.8. The normalized spacial score (nSPS) is 25.6. The number of ether oxygens (including phenoxy) is 2. The number of hydrogen-bond donors (Lipinski definition) is 2. The second-order valence-electron chi connectivity index (χ2n) is 12.6. The molecule has 16 heteroatoms. The molecule has 42 heavy (non-hydrogen) atoms. The molecule has 0 radical (unpaired) electrons. The van der Waals surface area contributed by atoms with E-state index < -0.39 is 51.8 Å². The van der Waals surface area contributed by atoms with E-state index in [1.807, 2.05) is 0 Å². The van der Waals surface area contributed by atoms with Crippen LogP contribution in [0.3, 0.4) is 0 Å². The van der Waals surface area contributed by atoms with Gasteiger partial charge in [0.2, 0.25) is 0 Å². The van der Waals surface area contributed by atoms with Gasteiger partial charge < -0.3 is 29.3 Å². The Morgan fingerprint density at radius 1 is 1.26 bits per heavy atom. The van der Waals surface area contributed by atoms with Crippen molar-refractivity contribution in [3.05, 3.63) is 12.7 Å². The average Bonchev–Trinajstić information content (AvgIpc) is 3.40. The topological polar surface area (TPSA) is 170 Å². The summed E-state index contributed by atoms with van der Waals surface area (Å²) < 4.78 is 45.5. The molecule has 1 saturated heterocycles. The van der Waals surface area contributed by atoms with Crippen LogP contribution in [0, 0.1) is 5.92 Å². The lowest BCUT2D eigenvalue weighted by Crippen LogP contribution is -2.56. The SMILES string of the molecule is CSCOP(=O)(CC(C)C(=O)OC(C)C)OC[C@H]1O[C@@H](n2cnc3c(N)ncnc32)C(C)(O[Si](C)(C)C(C)(C)C)C1O. The van der Waals surface area contributed by atoms with E-state index >= 15 is 0 Å². The minimum Gasteiger partial charge on any atom is -0.463 e. The number of thioether (sulfide) groups is 1. The van der Waals surface area contributed by atoms with Crippen molar-refractivity contribution in [2.75, 3.05) is 30.7 Å². The van der Waals surface area contributed by atoms with Crippen LogP contribution in [0.1, 0.15) is 54.7 Å². The maximum absolute atomic E-state index is 13.8. The number of aromatic nitrogens is 4. The van der Waals surface area contributed by atoms with Gasteiger partial charge in [0.1, 0.15) is 35.6 Å². The van der Waals surface area contributed by atoms with Crippen LogP contribution in [0.15, 0.2) is 12.7 Å². The highest BCUT2D eigenvalue weighted by atomic mass is 32.2. The van der Waals surface area contributed by atoms with Gasteiger partial charge in [0.05, 0.1) is 31.1 Å². The van der Waals surface area contributed by atoms with Gasteiger partial charge in [-0.1, -0.05) is 27.7 Å². The zero-order valence-electron chi connectivity index (χ0n) is 26.2. The van der Waals surface area contributed by atoms with Crippen molar-refractivity contribution in [2.45, 2.75) is 96.7 Å². The van der Waals surface area contributed by atoms with E-state index in [1.54, 1.807) is 38.5 Å². The molecule has 1 aliphatic heterocycles. The molecule has 3 heterocycles. The molecule has 1 aliphatic rings. The summed E-state index contributed by atoms with van der Waals surface area (Å²) in [5.74, 6) is -0.936. The van der Waals surface area contributed by atoms with Crippen molar-refractivity contribution >= 4 is 50.6 Å². The highest BCUT2D eigenvalue weighted by Gasteiger charge is 2.59. The van der Waals surface area contributed by atoms with Gasteiger partial charge >= 0.3 is 13.6 Å². The number of nitrogen functional groups attached to an aromatic ring is 1. The molecule has 4 unspecified atom stereocenters. The van der Waals surface area contributed by atoms with Crippen LogP contribution in [-0.2, 0) is 32.3 Å². The number of imidazole rings is 1. The molecule has 0 saturated carbocycles. The Kier molecular flexibility index (Phi) is 11.0. The summed E-state index contributed by atoms with van der Waals surface area (Å²) in [4.78, 5) is 25.2. The Morgan fingerprint density at radius 3 is 2.52 bits per heavy atom. The Labute approximate surface area is 253 Å². The number of nitrogens with zero attached hydrogens (tertiary/aromatic N) is 4. The largest absolute Gasteiger partial charge is 0.463 e. The number of hydrogen-bond acceptors (Lipinski definition) is 13. The molecule has 0 aromatic carbocycles. The van der Waals surface area contributed by atoms with Crippen LogP contribution in [-0.4, -0.2) is 87.8 Å². The number of fused-ring (bicyclic) bond motifs is 1. The Bertz CT molecular complexity index is 1290. The standard InChI is InChI=1S/C26H46N5O8PSSi/c1-16(2)37-23(33)17(3)12-40(34,36-15-41-8)35-11-18-20(32)26(7,39-42(9,10)25(4,5)6)24(38-18)31-14-30-19-21(27)28-13-29-22(19)31/h13-14,16-18,20,24,32H,11-12,15H2,1-10H3,(H2,27,28,29)/t17?,18-,20?,24-,26?,40?/m1/s1. The molecular formula is C26H46N5O8PSSi. The summed E-state index contributed by atoms with van der Waals surface area (Å²) in [6, 6.07) is 0. The number of rotatable bonds is 13. The van der Waals surface area contributed by atoms with Crippen molar-refractivity contribution in [1.29, 1.82) is 0 Å². The number of nitrogens with two attached hydrogens (primary N) is 1. The van der Waals surface area contributed by atoms with E-state index in [-0.39, 0.29) is 35.7 Å². The van der Waals surface area contributed by atoms with Gasteiger partial charge in [0, 0.05) is 0 Å². The summed E-state index contributed by atoms with van der Waals surface area (Å²) in [5.41, 5.74) is 5.56. The average molecular weight is 648 g/mol. The van der Waals surface area contributed by atoms with E-state index in [0.717, 1.165) is 0 Å². The number of anilines is 1. The highest BCUT2D eigenvalue weighted by Crippen LogP contribution is 2.53. The van der Waals surface area contributed by atoms with Crippen molar-refractivity contribution in [3.8, 4) is 0 Å². The fraction of sp³-hybridized carbons (Fsp3) is 0.769. The summed E-state index contributed by atoms with van der Waals surface area (Å²) in [5, 5.41) is 11.6. The van der Waals surface area contributed by atoms with E-state index in [1.165, 1.54) is 24.4 Å². The molecule has 2 aromatic rings. The van der Waals surface area contributed by atoms with Crippen LogP contribution >= 0.6 is 19.4 Å². The monoisotopic (exact) mass is 647 g/mol. The van der Waals surface area contributed by atoms with E-state index in [2.05, 4.69) is 48.8 Å². The van der Waals surface area contributed by atoms with Gasteiger partial charge in [-0.3, -0.25) is 18.5 Å². The fourth-order valence-corrected chi connectivity index (χ4v) is 8.61. The molecule has 238 valence electrons. The first-order valence-corrected chi connectivity index (χ1v) is 19.9. The van der Waals surface area contributed by atoms with Gasteiger partial charge in [-0.25, -0.2) is 15.0 Å². The van der Waals surface area contributed by atoms with Crippen LogP contribution in [0.2, 0.25) is 18.1 Å². The maximum Gasteiger partial charge on any atom is 0.332 e. The van der Waals surface area contributed by atoms with Gasteiger partial charge in [0.25, 0.3) is 0 Å². The molecule has 0 bridgehead atoms. The number of carbonyl (C=O) groups excluding carboxylic acids is 1. The zero-order valence-corrected chi connectivity index (χ0v) is 28.9. The van der Waals surface area contributed by atoms with Gasteiger partial charge in [-0.15, -0.1) is 11.8 Å². The van der Waals surface area contributed by atoms with Crippen LogP contribution in [0.25, 0.3) is 11.2 Å². The minimum atomic E-state index is -3.80. The lowest BCUT2D eigenvalue weighted by atomic mass is 9.96. The molecule has 6 atom stereocenters. The van der Waals surface area contributed by atoms with Crippen molar-refractivity contribution in [1.82, 2.24) is 19.5 Å². The second kappa shape index (κ2) is 13.2. The summed E-state index contributed by atoms with van der Waals surface area (Å²) in [6.07, 6.45) is 1.09. The molecule has 1 fully saturated rings. The molecule has 3 N–H and O–H groups in total. The van der Waals surface area contributed by atoms with Gasteiger partial charge in [0.15, 0.2) is 26.0 Å². The van der Waals surface area contributed by atoms with E-state index in [0.29, 0.717) is 11.2 Å². The third-order valence-electron chi connectivity index (χ3n) is 7.71. The quantitative estimate of drug-likeness (QED) is 0.134. The highest BCUT2D eigenvalue weighted by molar-refractivity contribution is 7.98. The molecule has 3 rings (SSSR count). The lowest BCUT2D eigenvalue weighted by molar-refractivity contribution is -0.151. The smallest absolute Gasteiger partial charge is 0.332 e. The molecule has 2 aromatic heterocycles. The van der Waals surface area contributed by atoms with E-state index in [4.69, 9.17) is 28.7 Å². The zero-order chi connectivity index (χ0) is 31.7. The predicted molar refractivity (Wildman–Crippen MR) is 165 cm³/mol. The van der Waals surface area contributed by atoms with E-state index in [9.17, 15) is 14.5 Å². The first kappa shape index (κ1) is 34.9.